The molecule has 0 radical (unpaired) electrons. The van der Waals surface area contributed by atoms with Crippen LogP contribution in [0.1, 0.15) is 21.7 Å². The minimum atomic E-state index is -3.19. The van der Waals surface area contributed by atoms with Crippen molar-refractivity contribution in [3.8, 4) is 5.75 Å². The first-order valence-electron chi connectivity index (χ1n) is 9.40. The van der Waals surface area contributed by atoms with Gasteiger partial charge in [-0.15, -0.1) is 11.3 Å². The van der Waals surface area contributed by atoms with E-state index in [1.54, 1.807) is 36.3 Å². The Morgan fingerprint density at radius 1 is 1.19 bits per heavy atom. The molecule has 10 heteroatoms. The first-order valence-corrected chi connectivity index (χ1v) is 13.2. The van der Waals surface area contributed by atoms with Gasteiger partial charge in [-0.1, -0.05) is 46.9 Å². The van der Waals surface area contributed by atoms with Crippen LogP contribution >= 0.6 is 46.1 Å². The summed E-state index contributed by atoms with van der Waals surface area (Å²) in [6.07, 6.45) is 0.388. The van der Waals surface area contributed by atoms with Crippen LogP contribution in [0.5, 0.6) is 5.75 Å². The van der Waals surface area contributed by atoms with Crippen molar-refractivity contribution in [1.29, 1.82) is 0 Å². The Balaban J connectivity index is 1.74. The van der Waals surface area contributed by atoms with E-state index in [9.17, 15) is 13.2 Å². The lowest BCUT2D eigenvalue weighted by Gasteiger charge is -2.28. The SMILES string of the molecule is COc1ccc(CN(C(=O)c2sc3cc(Cl)cc(Cl)c3c2Cl)C2CCS(=O)(=O)C2)cc1. The smallest absolute Gasteiger partial charge is 0.266 e. The van der Waals surface area contributed by atoms with E-state index in [-0.39, 0.29) is 29.0 Å². The minimum absolute atomic E-state index is 0.0612. The third-order valence-corrected chi connectivity index (χ3v) is 9.15. The monoisotopic (exact) mass is 517 g/mol. The molecule has 2 aromatic carbocycles. The lowest BCUT2D eigenvalue weighted by Crippen LogP contribution is -2.40. The van der Waals surface area contributed by atoms with E-state index >= 15 is 0 Å². The van der Waals surface area contributed by atoms with Crippen molar-refractivity contribution in [1.82, 2.24) is 4.90 Å². The van der Waals surface area contributed by atoms with Crippen LogP contribution < -0.4 is 4.74 Å². The Labute approximate surface area is 199 Å². The van der Waals surface area contributed by atoms with E-state index < -0.39 is 15.9 Å². The molecule has 1 aromatic heterocycles. The van der Waals surface area contributed by atoms with Gasteiger partial charge in [0.05, 0.1) is 28.7 Å². The molecule has 2 heterocycles. The van der Waals surface area contributed by atoms with Crippen molar-refractivity contribution in [2.45, 2.75) is 19.0 Å². The van der Waals surface area contributed by atoms with Crippen molar-refractivity contribution < 1.29 is 17.9 Å². The molecule has 0 N–H and O–H groups in total. The number of hydrogen-bond donors (Lipinski definition) is 0. The summed E-state index contributed by atoms with van der Waals surface area (Å²) < 4.78 is 30.1. The zero-order valence-electron chi connectivity index (χ0n) is 16.4. The zero-order chi connectivity index (χ0) is 22.3. The molecule has 5 nitrogen and oxygen atoms in total. The average Bonchev–Trinajstić information content (AvgIpc) is 3.25. The lowest BCUT2D eigenvalue weighted by atomic mass is 10.1. The van der Waals surface area contributed by atoms with Crippen LogP contribution in [-0.2, 0) is 16.4 Å². The van der Waals surface area contributed by atoms with Gasteiger partial charge in [0.1, 0.15) is 10.6 Å². The Morgan fingerprint density at radius 2 is 1.90 bits per heavy atom. The number of methoxy groups -OCH3 is 1. The van der Waals surface area contributed by atoms with E-state index in [0.717, 1.165) is 5.56 Å². The Bertz CT molecular complexity index is 1260. The van der Waals surface area contributed by atoms with Crippen molar-refractivity contribution in [3.05, 3.63) is 61.9 Å². The molecule has 1 unspecified atom stereocenters. The molecule has 0 saturated carbocycles. The van der Waals surface area contributed by atoms with Crippen LogP contribution in [-0.4, -0.2) is 43.9 Å². The molecule has 4 rings (SSSR count). The highest BCUT2D eigenvalue weighted by molar-refractivity contribution is 7.91. The van der Waals surface area contributed by atoms with Gasteiger partial charge in [0.2, 0.25) is 0 Å². The fraction of sp³-hybridized carbons (Fsp3) is 0.286. The fourth-order valence-electron chi connectivity index (χ4n) is 3.70. The second kappa shape index (κ2) is 8.79. The maximum Gasteiger partial charge on any atom is 0.266 e. The Kier molecular flexibility index (Phi) is 6.43. The third kappa shape index (κ3) is 4.66. The molecule has 0 bridgehead atoms. The van der Waals surface area contributed by atoms with E-state index in [0.29, 0.717) is 37.2 Å². The van der Waals surface area contributed by atoms with Crippen molar-refractivity contribution in [2.75, 3.05) is 18.6 Å². The quantitative estimate of drug-likeness (QED) is 0.435. The van der Waals surface area contributed by atoms with Crippen LogP contribution in [0.3, 0.4) is 0 Å². The molecule has 1 aliphatic rings. The average molecular weight is 519 g/mol. The lowest BCUT2D eigenvalue weighted by molar-refractivity contribution is 0.0686. The van der Waals surface area contributed by atoms with Gasteiger partial charge < -0.3 is 9.64 Å². The van der Waals surface area contributed by atoms with Crippen molar-refractivity contribution in [2.24, 2.45) is 0 Å². The van der Waals surface area contributed by atoms with Crippen LogP contribution in [0.2, 0.25) is 15.1 Å². The number of nitrogens with zero attached hydrogens (tertiary/aromatic N) is 1. The predicted octanol–water partition coefficient (Wildman–Crippen LogP) is 5.70. The first kappa shape index (κ1) is 22.7. The highest BCUT2D eigenvalue weighted by Gasteiger charge is 2.36. The number of carbonyl (C=O) groups excluding carboxylic acids is 1. The molecule has 164 valence electrons. The number of amides is 1. The largest absolute Gasteiger partial charge is 0.497 e. The van der Waals surface area contributed by atoms with E-state index in [4.69, 9.17) is 39.5 Å². The van der Waals surface area contributed by atoms with Gasteiger partial charge in [-0.2, -0.15) is 0 Å². The maximum atomic E-state index is 13.6. The summed E-state index contributed by atoms with van der Waals surface area (Å²) in [6, 6.07) is 10.2. The molecule has 1 aliphatic heterocycles. The van der Waals surface area contributed by atoms with Gasteiger partial charge in [0.25, 0.3) is 5.91 Å². The molecule has 0 aliphatic carbocycles. The highest BCUT2D eigenvalue weighted by atomic mass is 35.5. The summed E-state index contributed by atoms with van der Waals surface area (Å²) in [5.41, 5.74) is 0.858. The van der Waals surface area contributed by atoms with Crippen LogP contribution in [0.15, 0.2) is 36.4 Å². The van der Waals surface area contributed by atoms with Gasteiger partial charge in [-0.05, 0) is 36.2 Å². The topological polar surface area (TPSA) is 63.7 Å². The number of benzene rings is 2. The summed E-state index contributed by atoms with van der Waals surface area (Å²) in [5.74, 6) is 0.371. The van der Waals surface area contributed by atoms with Crippen LogP contribution in [0.4, 0.5) is 0 Å². The Hall–Kier alpha value is -1.51. The van der Waals surface area contributed by atoms with Gasteiger partial charge in [0, 0.05) is 27.7 Å². The van der Waals surface area contributed by atoms with E-state index in [1.807, 2.05) is 12.1 Å². The summed E-state index contributed by atoms with van der Waals surface area (Å²) in [6.45, 7) is 0.252. The second-order valence-corrected chi connectivity index (χ2v) is 11.8. The van der Waals surface area contributed by atoms with E-state index in [1.165, 1.54) is 11.3 Å². The number of ether oxygens (including phenoxy) is 1. The molecule has 1 amide bonds. The molecular formula is C21H18Cl3NO4S2. The standard InChI is InChI=1S/C21H18Cl3NO4S2/c1-29-15-4-2-12(3-5-15)10-25(14-6-7-31(27,28)11-14)21(26)20-19(24)18-16(23)8-13(22)9-17(18)30-20/h2-5,8-9,14H,6-7,10-11H2,1H3. The van der Waals surface area contributed by atoms with Crippen LogP contribution in [0.25, 0.3) is 10.1 Å². The van der Waals surface area contributed by atoms with Crippen molar-refractivity contribution in [3.63, 3.8) is 0 Å². The van der Waals surface area contributed by atoms with Gasteiger partial charge in [-0.25, -0.2) is 8.42 Å². The van der Waals surface area contributed by atoms with Gasteiger partial charge in [-0.3, -0.25) is 4.79 Å². The fourth-order valence-corrected chi connectivity index (χ4v) is 7.76. The summed E-state index contributed by atoms with van der Waals surface area (Å²) in [7, 11) is -1.61. The number of sulfone groups is 1. The number of carbonyl (C=O) groups is 1. The molecule has 3 aromatic rings. The normalized spacial score (nSPS) is 17.7. The van der Waals surface area contributed by atoms with E-state index in [2.05, 4.69) is 0 Å². The number of thiophene rings is 1. The molecule has 1 atom stereocenters. The Morgan fingerprint density at radius 3 is 2.52 bits per heavy atom. The summed E-state index contributed by atoms with van der Waals surface area (Å²) in [4.78, 5) is 15.5. The highest BCUT2D eigenvalue weighted by Crippen LogP contribution is 2.42. The first-order chi connectivity index (χ1) is 14.7. The van der Waals surface area contributed by atoms with Gasteiger partial charge in [0.15, 0.2) is 9.84 Å². The molecule has 0 spiro atoms. The molecule has 1 saturated heterocycles. The van der Waals surface area contributed by atoms with Crippen LogP contribution in [0, 0.1) is 0 Å². The van der Waals surface area contributed by atoms with Gasteiger partial charge >= 0.3 is 0 Å². The predicted molar refractivity (Wildman–Crippen MR) is 127 cm³/mol. The molecule has 1 fully saturated rings. The summed E-state index contributed by atoms with van der Waals surface area (Å²) in [5, 5.41) is 1.65. The second-order valence-electron chi connectivity index (χ2n) is 7.34. The summed E-state index contributed by atoms with van der Waals surface area (Å²) >= 11 is 20.2. The molecule has 31 heavy (non-hydrogen) atoms. The number of halogens is 3. The number of rotatable bonds is 5. The number of hydrogen-bond acceptors (Lipinski definition) is 5. The third-order valence-electron chi connectivity index (χ3n) is 5.27. The number of fused-ring (bicyclic) bond motifs is 1. The molecular weight excluding hydrogens is 501 g/mol. The van der Waals surface area contributed by atoms with Crippen molar-refractivity contribution >= 4 is 72.0 Å². The minimum Gasteiger partial charge on any atom is -0.497 e. The zero-order valence-corrected chi connectivity index (χ0v) is 20.3. The maximum absolute atomic E-state index is 13.6.